The molecule has 1 rings (SSSR count). The van der Waals surface area contributed by atoms with E-state index in [1.165, 1.54) is 11.1 Å². The van der Waals surface area contributed by atoms with Crippen LogP contribution in [0, 0.1) is 0 Å². The molecule has 94 valence electrons. The van der Waals surface area contributed by atoms with Gasteiger partial charge < -0.3 is 9.47 Å². The van der Waals surface area contributed by atoms with E-state index in [2.05, 4.69) is 38.6 Å². The van der Waals surface area contributed by atoms with Crippen molar-refractivity contribution in [3.63, 3.8) is 0 Å². The highest BCUT2D eigenvalue weighted by molar-refractivity contribution is 6.33. The smallest absolute Gasteiger partial charge is 0.189 e. The van der Waals surface area contributed by atoms with E-state index in [1.54, 1.807) is 0 Å². The normalized spacial score (nSPS) is 10.9. The first-order valence-corrected chi connectivity index (χ1v) is 7.88. The molecular weight excluding hydrogens is 228 g/mol. The number of ether oxygens (including phenoxy) is 2. The lowest BCUT2D eigenvalue weighted by Gasteiger charge is -2.17. The molecule has 0 fully saturated rings. The molecule has 2 radical (unpaired) electrons. The van der Waals surface area contributed by atoms with Crippen LogP contribution in [0.2, 0.25) is 6.55 Å². The Morgan fingerprint density at radius 3 is 2.65 bits per heavy atom. The molecule has 0 N–H and O–H groups in total. The SMILES string of the molecule is CCOCOc1c(C[Si]C)cccc1C(C)C. The molecule has 17 heavy (non-hydrogen) atoms. The van der Waals surface area contributed by atoms with Gasteiger partial charge in [-0.1, -0.05) is 38.6 Å². The summed E-state index contributed by atoms with van der Waals surface area (Å²) in [6.07, 6.45) is 0. The second-order valence-corrected chi connectivity index (χ2v) is 5.34. The number of hydrogen-bond acceptors (Lipinski definition) is 2. The van der Waals surface area contributed by atoms with Gasteiger partial charge in [-0.2, -0.15) is 0 Å². The van der Waals surface area contributed by atoms with Crippen molar-refractivity contribution in [2.45, 2.75) is 39.3 Å². The summed E-state index contributed by atoms with van der Waals surface area (Å²) in [5, 5.41) is 0. The van der Waals surface area contributed by atoms with Gasteiger partial charge in [-0.15, -0.1) is 0 Å². The summed E-state index contributed by atoms with van der Waals surface area (Å²) >= 11 is 0. The van der Waals surface area contributed by atoms with Gasteiger partial charge >= 0.3 is 0 Å². The summed E-state index contributed by atoms with van der Waals surface area (Å²) < 4.78 is 11.1. The van der Waals surface area contributed by atoms with E-state index in [9.17, 15) is 0 Å². The van der Waals surface area contributed by atoms with Crippen LogP contribution in [0.1, 0.15) is 37.8 Å². The fraction of sp³-hybridized carbons (Fsp3) is 0.571. The zero-order chi connectivity index (χ0) is 12.7. The largest absolute Gasteiger partial charge is 0.467 e. The maximum Gasteiger partial charge on any atom is 0.189 e. The molecule has 3 heteroatoms. The number of hydrogen-bond donors (Lipinski definition) is 0. The monoisotopic (exact) mass is 250 g/mol. The van der Waals surface area contributed by atoms with Crippen LogP contribution in [0.25, 0.3) is 0 Å². The molecule has 0 heterocycles. The summed E-state index contributed by atoms with van der Waals surface area (Å²) in [4.78, 5) is 0. The Kier molecular flexibility index (Phi) is 6.30. The summed E-state index contributed by atoms with van der Waals surface area (Å²) in [5.41, 5.74) is 2.58. The van der Waals surface area contributed by atoms with Gasteiger partial charge in [0.15, 0.2) is 6.79 Å². The number of benzene rings is 1. The van der Waals surface area contributed by atoms with Crippen LogP contribution in [-0.4, -0.2) is 22.9 Å². The van der Waals surface area contributed by atoms with Crippen LogP contribution in [0.15, 0.2) is 18.2 Å². The molecule has 0 amide bonds. The lowest BCUT2D eigenvalue weighted by molar-refractivity contribution is 0.0212. The lowest BCUT2D eigenvalue weighted by Crippen LogP contribution is -2.08. The Balaban J connectivity index is 2.92. The van der Waals surface area contributed by atoms with Crippen molar-refractivity contribution in [3.05, 3.63) is 29.3 Å². The highest BCUT2D eigenvalue weighted by Crippen LogP contribution is 2.30. The van der Waals surface area contributed by atoms with Crippen molar-refractivity contribution in [2.24, 2.45) is 0 Å². The molecule has 0 unspecified atom stereocenters. The summed E-state index contributed by atoms with van der Waals surface area (Å²) in [6, 6.07) is 7.51. The van der Waals surface area contributed by atoms with Crippen molar-refractivity contribution in [3.8, 4) is 5.75 Å². The molecule has 0 aliphatic carbocycles. The van der Waals surface area contributed by atoms with Crippen LogP contribution >= 0.6 is 0 Å². The topological polar surface area (TPSA) is 18.5 Å². The molecule has 1 aromatic carbocycles. The Bertz CT molecular complexity index is 337. The third kappa shape index (κ3) is 4.17. The zero-order valence-corrected chi connectivity index (χ0v) is 12.2. The molecule has 0 aliphatic rings. The Morgan fingerprint density at radius 1 is 1.29 bits per heavy atom. The van der Waals surface area contributed by atoms with Crippen LogP contribution < -0.4 is 4.74 Å². The van der Waals surface area contributed by atoms with E-state index in [-0.39, 0.29) is 0 Å². The molecule has 0 spiro atoms. The fourth-order valence-electron chi connectivity index (χ4n) is 1.75. The van der Waals surface area contributed by atoms with Crippen LogP contribution in [0.3, 0.4) is 0 Å². The minimum Gasteiger partial charge on any atom is -0.467 e. The van der Waals surface area contributed by atoms with Gasteiger partial charge in [-0.25, -0.2) is 0 Å². The van der Waals surface area contributed by atoms with Crippen molar-refractivity contribution in [2.75, 3.05) is 13.4 Å². The predicted octanol–water partition coefficient (Wildman–Crippen LogP) is 3.44. The number of para-hydroxylation sites is 1. The van der Waals surface area contributed by atoms with E-state index < -0.39 is 0 Å². The lowest BCUT2D eigenvalue weighted by atomic mass is 9.99. The van der Waals surface area contributed by atoms with Crippen molar-refractivity contribution >= 4 is 9.52 Å². The summed E-state index contributed by atoms with van der Waals surface area (Å²) in [5.74, 6) is 1.51. The van der Waals surface area contributed by atoms with E-state index in [0.29, 0.717) is 19.3 Å². The van der Waals surface area contributed by atoms with Gasteiger partial charge in [0, 0.05) is 16.1 Å². The Hall–Kier alpha value is -0.803. The molecular formula is C14H22O2Si. The average Bonchev–Trinajstić information content (AvgIpc) is 2.31. The molecule has 0 aromatic heterocycles. The summed E-state index contributed by atoms with van der Waals surface area (Å²) in [7, 11) is 0.906. The molecule has 0 saturated heterocycles. The highest BCUT2D eigenvalue weighted by Gasteiger charge is 2.12. The van der Waals surface area contributed by atoms with Gasteiger partial charge in [0.2, 0.25) is 0 Å². The zero-order valence-electron chi connectivity index (χ0n) is 11.2. The van der Waals surface area contributed by atoms with Gasteiger partial charge in [0.05, 0.1) is 0 Å². The first kappa shape index (κ1) is 14.3. The molecule has 0 atom stereocenters. The first-order chi connectivity index (χ1) is 8.20. The van der Waals surface area contributed by atoms with Crippen molar-refractivity contribution in [1.82, 2.24) is 0 Å². The third-order valence-electron chi connectivity index (χ3n) is 2.61. The highest BCUT2D eigenvalue weighted by atomic mass is 28.2. The van der Waals surface area contributed by atoms with Crippen LogP contribution in [-0.2, 0) is 10.8 Å². The minimum absolute atomic E-state index is 0.347. The standard InChI is InChI=1S/C14H22O2Si/c1-5-15-10-16-14-12(9-17-4)7-6-8-13(14)11(2)3/h6-8,11H,5,9-10H2,1-4H3. The van der Waals surface area contributed by atoms with E-state index in [0.717, 1.165) is 21.3 Å². The van der Waals surface area contributed by atoms with Gasteiger partial charge in [-0.05, 0) is 30.0 Å². The van der Waals surface area contributed by atoms with Gasteiger partial charge in [0.25, 0.3) is 0 Å². The van der Waals surface area contributed by atoms with Crippen LogP contribution in [0.5, 0.6) is 5.75 Å². The quantitative estimate of drug-likeness (QED) is 0.419. The summed E-state index contributed by atoms with van der Waals surface area (Å²) in [6.45, 7) is 9.62. The minimum atomic E-state index is 0.347. The molecule has 1 aromatic rings. The first-order valence-electron chi connectivity index (χ1n) is 6.17. The van der Waals surface area contributed by atoms with Crippen LogP contribution in [0.4, 0.5) is 0 Å². The van der Waals surface area contributed by atoms with Crippen molar-refractivity contribution < 1.29 is 9.47 Å². The molecule has 0 saturated carbocycles. The molecule has 0 bridgehead atoms. The second kappa shape index (κ2) is 7.51. The van der Waals surface area contributed by atoms with E-state index >= 15 is 0 Å². The van der Waals surface area contributed by atoms with Gasteiger partial charge in [-0.3, -0.25) is 0 Å². The Labute approximate surface area is 107 Å². The molecule has 2 nitrogen and oxygen atoms in total. The third-order valence-corrected chi connectivity index (χ3v) is 3.34. The van der Waals surface area contributed by atoms with E-state index in [1.807, 2.05) is 6.92 Å². The fourth-order valence-corrected chi connectivity index (χ4v) is 2.41. The predicted molar refractivity (Wildman–Crippen MR) is 73.0 cm³/mol. The number of rotatable bonds is 7. The van der Waals surface area contributed by atoms with Crippen molar-refractivity contribution in [1.29, 1.82) is 0 Å². The average molecular weight is 250 g/mol. The van der Waals surface area contributed by atoms with E-state index in [4.69, 9.17) is 9.47 Å². The maximum absolute atomic E-state index is 5.80. The maximum atomic E-state index is 5.80. The van der Waals surface area contributed by atoms with Gasteiger partial charge in [0.1, 0.15) is 5.75 Å². The Morgan fingerprint density at radius 2 is 2.06 bits per heavy atom. The second-order valence-electron chi connectivity index (χ2n) is 4.28. The molecule has 0 aliphatic heterocycles.